The highest BCUT2D eigenvalue weighted by Crippen LogP contribution is 2.09. The number of benzene rings is 1. The highest BCUT2D eigenvalue weighted by atomic mass is 16.1. The minimum Gasteiger partial charge on any atom is -0.326 e. The summed E-state index contributed by atoms with van der Waals surface area (Å²) in [7, 11) is 1.89. The summed E-state index contributed by atoms with van der Waals surface area (Å²) in [6.07, 6.45) is 0. The van der Waals surface area contributed by atoms with E-state index in [1.807, 2.05) is 45.2 Å². The Kier molecular flexibility index (Phi) is 7.28. The van der Waals surface area contributed by atoms with E-state index in [4.69, 9.17) is 0 Å². The van der Waals surface area contributed by atoms with Crippen LogP contribution in [0.25, 0.3) is 0 Å². The number of hydrogen-bond donors (Lipinski definition) is 2. The third-order valence-electron chi connectivity index (χ3n) is 1.63. The lowest BCUT2D eigenvalue weighted by atomic mass is 10.2. The molecule has 0 aromatic heterocycles. The van der Waals surface area contributed by atoms with E-state index in [-0.39, 0.29) is 5.91 Å². The average molecular weight is 208 g/mol. The molecule has 0 spiro atoms. The molecular weight excluding hydrogens is 188 g/mol. The van der Waals surface area contributed by atoms with Gasteiger partial charge in [0.25, 0.3) is 0 Å². The molecule has 2 N–H and O–H groups in total. The Hall–Kier alpha value is -1.35. The Morgan fingerprint density at radius 2 is 2.00 bits per heavy atom. The largest absolute Gasteiger partial charge is 0.326 e. The summed E-state index contributed by atoms with van der Waals surface area (Å²) in [5.74, 6) is -0.0402. The number of carbonyl (C=O) groups excluding carboxylic acids is 1. The Morgan fingerprint density at radius 1 is 1.33 bits per heavy atom. The Bertz CT molecular complexity index is 297. The molecule has 84 valence electrons. The lowest BCUT2D eigenvalue weighted by Gasteiger charge is -2.04. The molecule has 0 radical (unpaired) electrons. The molecule has 1 rings (SSSR count). The predicted octanol–water partition coefficient (Wildman–Crippen LogP) is 2.39. The first-order valence-corrected chi connectivity index (χ1v) is 5.23. The monoisotopic (exact) mass is 208 g/mol. The molecule has 0 aliphatic carbocycles. The third kappa shape index (κ3) is 5.86. The van der Waals surface area contributed by atoms with Gasteiger partial charge in [0.2, 0.25) is 5.91 Å². The van der Waals surface area contributed by atoms with Crippen molar-refractivity contribution in [1.82, 2.24) is 5.32 Å². The maximum Gasteiger partial charge on any atom is 0.221 e. The van der Waals surface area contributed by atoms with Crippen molar-refractivity contribution in [2.45, 2.75) is 27.3 Å². The molecule has 0 unspecified atom stereocenters. The minimum absolute atomic E-state index is 0.0402. The highest BCUT2D eigenvalue weighted by Gasteiger charge is 1.96. The average Bonchev–Trinajstić information content (AvgIpc) is 2.21. The smallest absolute Gasteiger partial charge is 0.221 e. The van der Waals surface area contributed by atoms with Gasteiger partial charge in [-0.1, -0.05) is 26.0 Å². The van der Waals surface area contributed by atoms with Crippen LogP contribution in [0, 0.1) is 0 Å². The molecule has 0 saturated heterocycles. The van der Waals surface area contributed by atoms with Gasteiger partial charge in [-0.3, -0.25) is 4.79 Å². The van der Waals surface area contributed by atoms with Gasteiger partial charge in [0.15, 0.2) is 0 Å². The lowest BCUT2D eigenvalue weighted by Crippen LogP contribution is -2.08. The van der Waals surface area contributed by atoms with Crippen LogP contribution in [-0.4, -0.2) is 13.0 Å². The van der Waals surface area contributed by atoms with Crippen LogP contribution in [0.1, 0.15) is 26.3 Å². The van der Waals surface area contributed by atoms with Crippen LogP contribution in [0.4, 0.5) is 5.69 Å². The van der Waals surface area contributed by atoms with Gasteiger partial charge in [-0.15, -0.1) is 0 Å². The van der Waals surface area contributed by atoms with Crippen LogP contribution >= 0.6 is 0 Å². The van der Waals surface area contributed by atoms with Gasteiger partial charge in [0, 0.05) is 19.2 Å². The van der Waals surface area contributed by atoms with E-state index in [0.717, 1.165) is 17.8 Å². The fraction of sp³-hybridized carbons (Fsp3) is 0.417. The second-order valence-corrected chi connectivity index (χ2v) is 2.91. The van der Waals surface area contributed by atoms with Crippen LogP contribution in [0.15, 0.2) is 24.3 Å². The van der Waals surface area contributed by atoms with E-state index in [9.17, 15) is 4.79 Å². The van der Waals surface area contributed by atoms with Gasteiger partial charge in [-0.25, -0.2) is 0 Å². The number of hydrogen-bond acceptors (Lipinski definition) is 2. The van der Waals surface area contributed by atoms with Gasteiger partial charge in [0.1, 0.15) is 0 Å². The predicted molar refractivity (Wildman–Crippen MR) is 64.9 cm³/mol. The second-order valence-electron chi connectivity index (χ2n) is 2.91. The van der Waals surface area contributed by atoms with Crippen molar-refractivity contribution in [2.24, 2.45) is 0 Å². The maximum absolute atomic E-state index is 10.8. The van der Waals surface area contributed by atoms with Crippen LogP contribution in [0.5, 0.6) is 0 Å². The van der Waals surface area contributed by atoms with Crippen molar-refractivity contribution in [3.8, 4) is 0 Å². The molecule has 0 aliphatic heterocycles. The minimum atomic E-state index is -0.0402. The van der Waals surface area contributed by atoms with Gasteiger partial charge < -0.3 is 10.6 Å². The Morgan fingerprint density at radius 3 is 2.53 bits per heavy atom. The van der Waals surface area contributed by atoms with Gasteiger partial charge in [0.05, 0.1) is 0 Å². The zero-order valence-corrected chi connectivity index (χ0v) is 9.92. The summed E-state index contributed by atoms with van der Waals surface area (Å²) >= 11 is 0. The lowest BCUT2D eigenvalue weighted by molar-refractivity contribution is -0.114. The molecule has 0 aliphatic rings. The number of anilines is 1. The van der Waals surface area contributed by atoms with E-state index in [1.54, 1.807) is 0 Å². The zero-order chi connectivity index (χ0) is 11.7. The fourth-order valence-electron chi connectivity index (χ4n) is 1.17. The van der Waals surface area contributed by atoms with E-state index in [1.165, 1.54) is 6.92 Å². The Labute approximate surface area is 91.9 Å². The van der Waals surface area contributed by atoms with E-state index in [0.29, 0.717) is 0 Å². The molecule has 0 saturated carbocycles. The summed E-state index contributed by atoms with van der Waals surface area (Å²) in [6, 6.07) is 7.78. The number of rotatable bonds is 3. The third-order valence-corrected chi connectivity index (χ3v) is 1.63. The molecule has 3 nitrogen and oxygen atoms in total. The molecule has 0 bridgehead atoms. The molecular formula is C12H20N2O. The van der Waals surface area contributed by atoms with Gasteiger partial charge in [-0.2, -0.15) is 0 Å². The summed E-state index contributed by atoms with van der Waals surface area (Å²) in [4.78, 5) is 10.8. The Balaban J connectivity index is 0.000000921. The molecule has 1 aromatic rings. The summed E-state index contributed by atoms with van der Waals surface area (Å²) in [5, 5.41) is 5.79. The first kappa shape index (κ1) is 13.7. The number of amides is 1. The second kappa shape index (κ2) is 8.00. The molecule has 3 heteroatoms. The number of nitrogens with one attached hydrogen (secondary N) is 2. The van der Waals surface area contributed by atoms with Crippen LogP contribution in [-0.2, 0) is 11.3 Å². The fourth-order valence-corrected chi connectivity index (χ4v) is 1.17. The zero-order valence-electron chi connectivity index (χ0n) is 9.92. The quantitative estimate of drug-likeness (QED) is 0.800. The normalized spacial score (nSPS) is 8.80. The van der Waals surface area contributed by atoms with Crippen LogP contribution in [0.2, 0.25) is 0 Å². The van der Waals surface area contributed by atoms with E-state index in [2.05, 4.69) is 10.6 Å². The first-order valence-electron chi connectivity index (χ1n) is 5.23. The molecule has 1 aromatic carbocycles. The van der Waals surface area contributed by atoms with Gasteiger partial charge >= 0.3 is 0 Å². The molecule has 0 fully saturated rings. The van der Waals surface area contributed by atoms with Crippen molar-refractivity contribution in [2.75, 3.05) is 12.4 Å². The topological polar surface area (TPSA) is 41.1 Å². The first-order chi connectivity index (χ1) is 7.22. The van der Waals surface area contributed by atoms with E-state index >= 15 is 0 Å². The molecule has 0 heterocycles. The molecule has 15 heavy (non-hydrogen) atoms. The van der Waals surface area contributed by atoms with Crippen molar-refractivity contribution >= 4 is 11.6 Å². The summed E-state index contributed by atoms with van der Waals surface area (Å²) in [5.41, 5.74) is 2.01. The summed E-state index contributed by atoms with van der Waals surface area (Å²) in [6.45, 7) is 6.32. The molecule has 1 amide bonds. The maximum atomic E-state index is 10.8. The van der Waals surface area contributed by atoms with Crippen molar-refractivity contribution in [3.05, 3.63) is 29.8 Å². The SMILES string of the molecule is CC.CNCc1cccc(NC(C)=O)c1. The van der Waals surface area contributed by atoms with Crippen molar-refractivity contribution < 1.29 is 4.79 Å². The van der Waals surface area contributed by atoms with Gasteiger partial charge in [-0.05, 0) is 24.7 Å². The van der Waals surface area contributed by atoms with Crippen molar-refractivity contribution in [1.29, 1.82) is 0 Å². The van der Waals surface area contributed by atoms with E-state index < -0.39 is 0 Å². The van der Waals surface area contributed by atoms with Crippen molar-refractivity contribution in [3.63, 3.8) is 0 Å². The molecule has 0 atom stereocenters. The highest BCUT2D eigenvalue weighted by molar-refractivity contribution is 5.88. The van der Waals surface area contributed by atoms with Crippen LogP contribution < -0.4 is 10.6 Å². The number of carbonyl (C=O) groups is 1. The standard InChI is InChI=1S/C10H14N2O.C2H6/c1-8(13)12-10-5-3-4-9(6-10)7-11-2;1-2/h3-6,11H,7H2,1-2H3,(H,12,13);1-2H3. The van der Waals surface area contributed by atoms with Crippen LogP contribution in [0.3, 0.4) is 0 Å². The summed E-state index contributed by atoms with van der Waals surface area (Å²) < 4.78 is 0.